The molecule has 0 fully saturated rings. The molecule has 0 saturated heterocycles. The minimum Gasteiger partial charge on any atom is -0.444 e. The van der Waals surface area contributed by atoms with Gasteiger partial charge >= 0.3 is 6.09 Å². The fourth-order valence-electron chi connectivity index (χ4n) is 1.28. The van der Waals surface area contributed by atoms with Gasteiger partial charge in [-0.25, -0.2) is 9.18 Å². The van der Waals surface area contributed by atoms with Gasteiger partial charge < -0.3 is 15.6 Å². The Labute approximate surface area is 96.8 Å². The highest BCUT2D eigenvalue weighted by molar-refractivity contribution is 6.31. The normalized spacial score (nSPS) is 14.2. The monoisotopic (exact) mass is 247 g/mol. The molecule has 0 radical (unpaired) electrons. The SMILES string of the molecule is C[C@H](OC(N)=O)[C@@H](O)c1c(F)cccc1Cl. The maximum absolute atomic E-state index is 13.4. The van der Waals surface area contributed by atoms with Gasteiger partial charge in [0.05, 0.1) is 0 Å². The Kier molecular flexibility index (Phi) is 4.09. The summed E-state index contributed by atoms with van der Waals surface area (Å²) in [5.74, 6) is -0.667. The number of carbonyl (C=O) groups is 1. The molecule has 2 atom stereocenters. The molecule has 1 aromatic carbocycles. The molecule has 0 bridgehead atoms. The molecule has 88 valence electrons. The number of halogens is 2. The molecule has 0 aliphatic rings. The van der Waals surface area contributed by atoms with Crippen molar-refractivity contribution in [3.63, 3.8) is 0 Å². The van der Waals surface area contributed by atoms with E-state index in [2.05, 4.69) is 4.74 Å². The van der Waals surface area contributed by atoms with Crippen LogP contribution in [0.4, 0.5) is 9.18 Å². The highest BCUT2D eigenvalue weighted by Gasteiger charge is 2.24. The van der Waals surface area contributed by atoms with E-state index in [0.29, 0.717) is 0 Å². The molecule has 3 N–H and O–H groups in total. The average Bonchev–Trinajstić information content (AvgIpc) is 2.16. The molecule has 16 heavy (non-hydrogen) atoms. The van der Waals surface area contributed by atoms with E-state index in [4.69, 9.17) is 17.3 Å². The third-order valence-electron chi connectivity index (χ3n) is 2.04. The first-order chi connectivity index (χ1) is 7.43. The van der Waals surface area contributed by atoms with Crippen LogP contribution >= 0.6 is 11.6 Å². The number of benzene rings is 1. The molecule has 0 saturated carbocycles. The Morgan fingerprint density at radius 3 is 2.75 bits per heavy atom. The number of rotatable bonds is 3. The summed E-state index contributed by atoms with van der Waals surface area (Å²) in [6.45, 7) is 1.39. The van der Waals surface area contributed by atoms with E-state index in [9.17, 15) is 14.3 Å². The number of aliphatic hydroxyl groups is 1. The summed E-state index contributed by atoms with van der Waals surface area (Å²) in [6.07, 6.45) is -3.38. The highest BCUT2D eigenvalue weighted by Crippen LogP contribution is 2.28. The zero-order valence-electron chi connectivity index (χ0n) is 8.48. The van der Waals surface area contributed by atoms with Gasteiger partial charge in [0.2, 0.25) is 0 Å². The van der Waals surface area contributed by atoms with E-state index in [1.54, 1.807) is 0 Å². The fourth-order valence-corrected chi connectivity index (χ4v) is 1.55. The summed E-state index contributed by atoms with van der Waals surface area (Å²) >= 11 is 5.73. The van der Waals surface area contributed by atoms with Crippen molar-refractivity contribution in [2.45, 2.75) is 19.1 Å². The lowest BCUT2D eigenvalue weighted by atomic mass is 10.0. The van der Waals surface area contributed by atoms with Crippen molar-refractivity contribution >= 4 is 17.7 Å². The van der Waals surface area contributed by atoms with Crippen LogP contribution in [0.1, 0.15) is 18.6 Å². The first-order valence-electron chi connectivity index (χ1n) is 4.51. The van der Waals surface area contributed by atoms with Crippen LogP contribution in [0.25, 0.3) is 0 Å². The van der Waals surface area contributed by atoms with Crippen molar-refractivity contribution in [3.8, 4) is 0 Å². The molecule has 0 aliphatic carbocycles. The molecule has 0 unspecified atom stereocenters. The second-order valence-corrected chi connectivity index (χ2v) is 3.63. The Bertz CT molecular complexity index is 379. The summed E-state index contributed by atoms with van der Waals surface area (Å²) in [5.41, 5.74) is 4.67. The van der Waals surface area contributed by atoms with Crippen molar-refractivity contribution in [1.82, 2.24) is 0 Å². The molecule has 0 aliphatic heterocycles. The number of hydrogen-bond acceptors (Lipinski definition) is 3. The molecule has 0 spiro atoms. The van der Waals surface area contributed by atoms with E-state index < -0.39 is 24.1 Å². The van der Waals surface area contributed by atoms with Gasteiger partial charge in [-0.2, -0.15) is 0 Å². The van der Waals surface area contributed by atoms with Crippen LogP contribution in [0.3, 0.4) is 0 Å². The van der Waals surface area contributed by atoms with Crippen LogP contribution in [0, 0.1) is 5.82 Å². The number of amides is 1. The molecule has 6 heteroatoms. The van der Waals surface area contributed by atoms with Gasteiger partial charge in [-0.15, -0.1) is 0 Å². The lowest BCUT2D eigenvalue weighted by Gasteiger charge is -2.19. The van der Waals surface area contributed by atoms with Crippen LogP contribution < -0.4 is 5.73 Å². The zero-order valence-corrected chi connectivity index (χ0v) is 9.24. The maximum Gasteiger partial charge on any atom is 0.404 e. The summed E-state index contributed by atoms with van der Waals surface area (Å²) in [5, 5.41) is 9.80. The van der Waals surface area contributed by atoms with Crippen LogP contribution in [-0.2, 0) is 4.74 Å². The van der Waals surface area contributed by atoms with Crippen molar-refractivity contribution in [3.05, 3.63) is 34.6 Å². The Morgan fingerprint density at radius 2 is 2.25 bits per heavy atom. The summed E-state index contributed by atoms with van der Waals surface area (Å²) < 4.78 is 17.9. The first kappa shape index (κ1) is 12.7. The average molecular weight is 248 g/mol. The minimum atomic E-state index is -1.36. The molecule has 1 amide bonds. The third-order valence-corrected chi connectivity index (χ3v) is 2.37. The smallest absolute Gasteiger partial charge is 0.404 e. The Hall–Kier alpha value is -1.33. The lowest BCUT2D eigenvalue weighted by Crippen LogP contribution is -2.26. The number of nitrogens with two attached hydrogens (primary N) is 1. The van der Waals surface area contributed by atoms with Crippen molar-refractivity contribution in [2.24, 2.45) is 5.73 Å². The first-order valence-corrected chi connectivity index (χ1v) is 4.89. The molecule has 4 nitrogen and oxygen atoms in total. The zero-order chi connectivity index (χ0) is 12.3. The van der Waals surface area contributed by atoms with Crippen LogP contribution in [-0.4, -0.2) is 17.3 Å². The molecular weight excluding hydrogens is 237 g/mol. The predicted molar refractivity (Wildman–Crippen MR) is 56.5 cm³/mol. The van der Waals surface area contributed by atoms with Crippen molar-refractivity contribution < 1.29 is 19.0 Å². The number of ether oxygens (including phenoxy) is 1. The van der Waals surface area contributed by atoms with Crippen molar-refractivity contribution in [1.29, 1.82) is 0 Å². The predicted octanol–water partition coefficient (Wildman–Crippen LogP) is 2.00. The molecule has 0 heterocycles. The largest absolute Gasteiger partial charge is 0.444 e. The molecule has 1 rings (SSSR count). The fraction of sp³-hybridized carbons (Fsp3) is 0.300. The third kappa shape index (κ3) is 2.84. The van der Waals surface area contributed by atoms with Gasteiger partial charge in [-0.1, -0.05) is 17.7 Å². The standard InChI is InChI=1S/C10H11ClFNO3/c1-5(16-10(13)15)9(14)8-6(11)3-2-4-7(8)12/h2-5,9,14H,1H3,(H2,13,15)/t5-,9+/m0/s1. The van der Waals surface area contributed by atoms with Crippen molar-refractivity contribution in [2.75, 3.05) is 0 Å². The van der Waals surface area contributed by atoms with Crippen LogP contribution in [0.5, 0.6) is 0 Å². The van der Waals surface area contributed by atoms with E-state index >= 15 is 0 Å². The summed E-state index contributed by atoms with van der Waals surface area (Å²) in [4.78, 5) is 10.5. The number of primary amides is 1. The van der Waals surface area contributed by atoms with E-state index in [1.807, 2.05) is 0 Å². The van der Waals surface area contributed by atoms with E-state index in [-0.39, 0.29) is 10.6 Å². The van der Waals surface area contributed by atoms with E-state index in [0.717, 1.165) is 6.07 Å². The topological polar surface area (TPSA) is 72.5 Å². The summed E-state index contributed by atoms with van der Waals surface area (Å²) in [7, 11) is 0. The minimum absolute atomic E-state index is 0.0624. The van der Waals surface area contributed by atoms with Gasteiger partial charge in [0.15, 0.2) is 0 Å². The van der Waals surface area contributed by atoms with Crippen LogP contribution in [0.15, 0.2) is 18.2 Å². The number of carbonyl (C=O) groups excluding carboxylic acids is 1. The second kappa shape index (κ2) is 5.14. The van der Waals surface area contributed by atoms with Gasteiger partial charge in [0.1, 0.15) is 18.0 Å². The quantitative estimate of drug-likeness (QED) is 0.858. The maximum atomic E-state index is 13.4. The van der Waals surface area contributed by atoms with Crippen LogP contribution in [0.2, 0.25) is 5.02 Å². The summed E-state index contributed by atoms with van der Waals surface area (Å²) in [6, 6.07) is 4.00. The van der Waals surface area contributed by atoms with Gasteiger partial charge in [0.25, 0.3) is 0 Å². The molecule has 0 aromatic heterocycles. The van der Waals surface area contributed by atoms with Gasteiger partial charge in [-0.05, 0) is 19.1 Å². The Balaban J connectivity index is 2.95. The Morgan fingerprint density at radius 1 is 1.62 bits per heavy atom. The second-order valence-electron chi connectivity index (χ2n) is 3.22. The number of aliphatic hydroxyl groups excluding tert-OH is 1. The van der Waals surface area contributed by atoms with E-state index in [1.165, 1.54) is 19.1 Å². The molecule has 1 aromatic rings. The van der Waals surface area contributed by atoms with Gasteiger partial charge in [-0.3, -0.25) is 0 Å². The molecular formula is C10H11ClFNO3. The number of hydrogen-bond donors (Lipinski definition) is 2. The van der Waals surface area contributed by atoms with Gasteiger partial charge in [0, 0.05) is 10.6 Å². The lowest BCUT2D eigenvalue weighted by molar-refractivity contribution is 0.0140. The highest BCUT2D eigenvalue weighted by atomic mass is 35.5.